The normalized spacial score (nSPS) is 12.5. The third-order valence-electron chi connectivity index (χ3n) is 5.61. The number of benzene rings is 3. The predicted molar refractivity (Wildman–Crippen MR) is 134 cm³/mol. The Bertz CT molecular complexity index is 1190. The number of rotatable bonds is 8. The Morgan fingerprint density at radius 3 is 2.00 bits per heavy atom. The molecule has 1 amide bonds. The van der Waals surface area contributed by atoms with E-state index in [0.29, 0.717) is 22.7 Å². The second kappa shape index (κ2) is 10.3. The lowest BCUT2D eigenvalue weighted by atomic mass is 10.0. The molecule has 0 aliphatic carbocycles. The fourth-order valence-electron chi connectivity index (χ4n) is 4.06. The van der Waals surface area contributed by atoms with Gasteiger partial charge in [-0.05, 0) is 67.5 Å². The van der Waals surface area contributed by atoms with Gasteiger partial charge in [0, 0.05) is 5.69 Å². The van der Waals surface area contributed by atoms with Crippen molar-refractivity contribution in [1.29, 1.82) is 0 Å². The molecule has 174 valence electrons. The largest absolute Gasteiger partial charge is 0.325 e. The highest BCUT2D eigenvalue weighted by Gasteiger charge is 2.28. The van der Waals surface area contributed by atoms with Gasteiger partial charge in [-0.15, -0.1) is 0 Å². The van der Waals surface area contributed by atoms with Crippen molar-refractivity contribution in [1.82, 2.24) is 4.72 Å². The lowest BCUT2D eigenvalue weighted by molar-refractivity contribution is -0.117. The highest BCUT2D eigenvalue weighted by atomic mass is 32.2. The third-order valence-corrected chi connectivity index (χ3v) is 7.39. The van der Waals surface area contributed by atoms with Crippen molar-refractivity contribution >= 4 is 21.6 Å². The first kappa shape index (κ1) is 24.7. The van der Waals surface area contributed by atoms with E-state index >= 15 is 0 Å². The van der Waals surface area contributed by atoms with Crippen LogP contribution < -0.4 is 10.0 Å². The standard InChI is InChI=1S/C27H32N2O3S/c1-18(2)23-11-13-24(14-12-23)28-27(30)25(17-22-9-7-6-8-10-22)29-33(31,32)26-20(4)15-19(3)16-21(26)5/h6-16,18,25,29H,17H2,1-5H3,(H,28,30). The van der Waals surface area contributed by atoms with E-state index in [1.165, 1.54) is 5.56 Å². The summed E-state index contributed by atoms with van der Waals surface area (Å²) in [6, 6.07) is 19.7. The van der Waals surface area contributed by atoms with E-state index < -0.39 is 22.0 Å². The molecule has 1 atom stereocenters. The summed E-state index contributed by atoms with van der Waals surface area (Å²) in [6.07, 6.45) is 0.236. The zero-order valence-electron chi connectivity index (χ0n) is 19.8. The third kappa shape index (κ3) is 6.30. The molecule has 3 rings (SSSR count). The molecule has 1 unspecified atom stereocenters. The van der Waals surface area contributed by atoms with E-state index in [9.17, 15) is 13.2 Å². The SMILES string of the molecule is Cc1cc(C)c(S(=O)(=O)NC(Cc2ccccc2)C(=O)Nc2ccc(C(C)C)cc2)c(C)c1. The van der Waals surface area contributed by atoms with Crippen LogP contribution in [0.25, 0.3) is 0 Å². The summed E-state index contributed by atoms with van der Waals surface area (Å²) in [6.45, 7) is 9.69. The van der Waals surface area contributed by atoms with E-state index in [2.05, 4.69) is 23.9 Å². The van der Waals surface area contributed by atoms with Gasteiger partial charge in [0.2, 0.25) is 15.9 Å². The van der Waals surface area contributed by atoms with Crippen molar-refractivity contribution in [2.24, 2.45) is 0 Å². The van der Waals surface area contributed by atoms with Gasteiger partial charge in [-0.1, -0.05) is 74.0 Å². The summed E-state index contributed by atoms with van der Waals surface area (Å²) in [7, 11) is -3.92. The Balaban J connectivity index is 1.90. The summed E-state index contributed by atoms with van der Waals surface area (Å²) in [4.78, 5) is 13.5. The molecular formula is C27H32N2O3S. The highest BCUT2D eigenvalue weighted by molar-refractivity contribution is 7.89. The summed E-state index contributed by atoms with van der Waals surface area (Å²) in [5.74, 6) is -0.0180. The van der Waals surface area contributed by atoms with Gasteiger partial charge in [-0.3, -0.25) is 4.79 Å². The maximum Gasteiger partial charge on any atom is 0.242 e. The molecule has 0 radical (unpaired) electrons. The van der Waals surface area contributed by atoms with E-state index in [4.69, 9.17) is 0 Å². The van der Waals surface area contributed by atoms with Gasteiger partial charge >= 0.3 is 0 Å². The summed E-state index contributed by atoms with van der Waals surface area (Å²) in [5.41, 5.74) is 4.97. The zero-order chi connectivity index (χ0) is 24.2. The Morgan fingerprint density at radius 2 is 1.45 bits per heavy atom. The van der Waals surface area contributed by atoms with Crippen molar-refractivity contribution in [3.63, 3.8) is 0 Å². The van der Waals surface area contributed by atoms with Crippen LogP contribution >= 0.6 is 0 Å². The Labute approximate surface area is 197 Å². The number of amides is 1. The molecule has 0 heterocycles. The molecule has 0 aliphatic rings. The van der Waals surface area contributed by atoms with Crippen LogP contribution in [0.15, 0.2) is 71.6 Å². The number of anilines is 1. The minimum atomic E-state index is -3.92. The molecule has 0 bridgehead atoms. The van der Waals surface area contributed by atoms with E-state index in [1.807, 2.05) is 73.7 Å². The van der Waals surface area contributed by atoms with Crippen LogP contribution in [0.4, 0.5) is 5.69 Å². The lowest BCUT2D eigenvalue weighted by Crippen LogP contribution is -2.45. The number of carbonyl (C=O) groups excluding carboxylic acids is 1. The Kier molecular flexibility index (Phi) is 7.72. The van der Waals surface area contributed by atoms with Crippen molar-refractivity contribution in [2.75, 3.05) is 5.32 Å². The van der Waals surface area contributed by atoms with Crippen molar-refractivity contribution in [3.8, 4) is 0 Å². The van der Waals surface area contributed by atoms with Gasteiger partial charge < -0.3 is 5.32 Å². The number of hydrogen-bond donors (Lipinski definition) is 2. The maximum absolute atomic E-state index is 13.4. The minimum absolute atomic E-state index is 0.222. The Hall–Kier alpha value is -2.96. The van der Waals surface area contributed by atoms with Crippen molar-refractivity contribution in [2.45, 2.75) is 57.9 Å². The fraction of sp³-hybridized carbons (Fsp3) is 0.296. The minimum Gasteiger partial charge on any atom is -0.325 e. The van der Waals surface area contributed by atoms with Crippen LogP contribution in [0.3, 0.4) is 0 Å². The van der Waals surface area contributed by atoms with Crippen LogP contribution in [0, 0.1) is 20.8 Å². The van der Waals surface area contributed by atoms with Gasteiger partial charge in [0.05, 0.1) is 4.90 Å². The molecule has 5 nitrogen and oxygen atoms in total. The van der Waals surface area contributed by atoms with Crippen molar-refractivity contribution < 1.29 is 13.2 Å². The summed E-state index contributed by atoms with van der Waals surface area (Å²) in [5, 5.41) is 2.87. The number of carbonyl (C=O) groups is 1. The summed E-state index contributed by atoms with van der Waals surface area (Å²) >= 11 is 0. The van der Waals surface area contributed by atoms with E-state index in [0.717, 1.165) is 11.1 Å². The smallest absolute Gasteiger partial charge is 0.242 e. The first-order chi connectivity index (χ1) is 15.6. The average molecular weight is 465 g/mol. The van der Waals surface area contributed by atoms with Crippen LogP contribution in [0.1, 0.15) is 47.6 Å². The molecule has 0 aliphatic heterocycles. The first-order valence-corrected chi connectivity index (χ1v) is 12.6. The maximum atomic E-state index is 13.4. The lowest BCUT2D eigenvalue weighted by Gasteiger charge is -2.21. The zero-order valence-corrected chi connectivity index (χ0v) is 20.7. The van der Waals surface area contributed by atoms with Crippen molar-refractivity contribution in [3.05, 3.63) is 94.5 Å². The molecule has 0 fully saturated rings. The van der Waals surface area contributed by atoms with Gasteiger partial charge in [0.15, 0.2) is 0 Å². The first-order valence-electron chi connectivity index (χ1n) is 11.1. The topological polar surface area (TPSA) is 75.3 Å². The molecule has 3 aromatic rings. The molecule has 33 heavy (non-hydrogen) atoms. The number of nitrogens with one attached hydrogen (secondary N) is 2. The molecule has 0 aromatic heterocycles. The molecule has 2 N–H and O–H groups in total. The van der Waals surface area contributed by atoms with Crippen LogP contribution in [0.2, 0.25) is 0 Å². The average Bonchev–Trinajstić information content (AvgIpc) is 2.73. The second-order valence-electron chi connectivity index (χ2n) is 8.86. The van der Waals surface area contributed by atoms with Gasteiger partial charge in [0.25, 0.3) is 0 Å². The molecule has 0 saturated heterocycles. The molecule has 0 spiro atoms. The van der Waals surface area contributed by atoms with Gasteiger partial charge in [-0.2, -0.15) is 4.72 Å². The van der Waals surface area contributed by atoms with E-state index in [-0.39, 0.29) is 11.3 Å². The fourth-order valence-corrected chi connectivity index (χ4v) is 5.70. The highest BCUT2D eigenvalue weighted by Crippen LogP contribution is 2.23. The number of aryl methyl sites for hydroxylation is 3. The number of hydrogen-bond acceptors (Lipinski definition) is 3. The number of sulfonamides is 1. The molecule has 6 heteroatoms. The quantitative estimate of drug-likeness (QED) is 0.477. The van der Waals surface area contributed by atoms with E-state index in [1.54, 1.807) is 13.8 Å². The van der Waals surface area contributed by atoms with Crippen LogP contribution in [-0.2, 0) is 21.2 Å². The van der Waals surface area contributed by atoms with Gasteiger partial charge in [0.1, 0.15) is 6.04 Å². The monoisotopic (exact) mass is 464 g/mol. The Morgan fingerprint density at radius 1 is 0.879 bits per heavy atom. The van der Waals surface area contributed by atoms with Crippen LogP contribution in [0.5, 0.6) is 0 Å². The molecule has 0 saturated carbocycles. The second-order valence-corrected chi connectivity index (χ2v) is 10.5. The summed E-state index contributed by atoms with van der Waals surface area (Å²) < 4.78 is 29.4. The predicted octanol–water partition coefficient (Wildman–Crippen LogP) is 5.26. The molecule has 3 aromatic carbocycles. The molecular weight excluding hydrogens is 432 g/mol. The van der Waals surface area contributed by atoms with Crippen LogP contribution in [-0.4, -0.2) is 20.4 Å². The van der Waals surface area contributed by atoms with Gasteiger partial charge in [-0.25, -0.2) is 8.42 Å².